The fourth-order valence-corrected chi connectivity index (χ4v) is 2.67. The lowest BCUT2D eigenvalue weighted by Crippen LogP contribution is -2.69. The van der Waals surface area contributed by atoms with Gasteiger partial charge < -0.3 is 5.32 Å². The minimum atomic E-state index is -0.870. The first kappa shape index (κ1) is 14.6. The molecule has 0 bridgehead atoms. The molecular weight excluding hydrogens is 252 g/mol. The number of hydrogen-bond donors (Lipinski definition) is 1. The zero-order valence-electron chi connectivity index (χ0n) is 12.7. The van der Waals surface area contributed by atoms with Gasteiger partial charge in [-0.1, -0.05) is 32.0 Å². The van der Waals surface area contributed by atoms with Gasteiger partial charge in [0.1, 0.15) is 11.6 Å². The Labute approximate surface area is 120 Å². The van der Waals surface area contributed by atoms with Crippen LogP contribution in [0.2, 0.25) is 0 Å². The molecule has 1 unspecified atom stereocenters. The molecule has 2 rings (SSSR count). The van der Waals surface area contributed by atoms with Crippen molar-refractivity contribution in [3.63, 3.8) is 0 Å². The third-order valence-corrected chi connectivity index (χ3v) is 3.74. The number of rotatable bonds is 2. The number of piperazine rings is 1. The number of anilines is 1. The van der Waals surface area contributed by atoms with E-state index in [0.29, 0.717) is 0 Å². The second-order valence-electron chi connectivity index (χ2n) is 6.26. The average molecular weight is 274 g/mol. The van der Waals surface area contributed by atoms with E-state index in [1.165, 1.54) is 0 Å². The van der Waals surface area contributed by atoms with E-state index in [9.17, 15) is 9.59 Å². The topological polar surface area (TPSA) is 49.4 Å². The predicted octanol–water partition coefficient (Wildman–Crippen LogP) is 2.26. The summed E-state index contributed by atoms with van der Waals surface area (Å²) < 4.78 is 0. The van der Waals surface area contributed by atoms with Crippen molar-refractivity contribution in [2.45, 2.75) is 46.2 Å². The first-order valence-corrected chi connectivity index (χ1v) is 6.97. The molecular formula is C16H22N2O2. The average Bonchev–Trinajstić information content (AvgIpc) is 2.33. The number of benzene rings is 1. The molecule has 1 fully saturated rings. The maximum atomic E-state index is 12.8. The number of carbonyl (C=O) groups excluding carboxylic acids is 2. The van der Waals surface area contributed by atoms with Crippen LogP contribution in [0.5, 0.6) is 0 Å². The molecule has 0 spiro atoms. The van der Waals surface area contributed by atoms with E-state index < -0.39 is 11.6 Å². The molecule has 1 aliphatic heterocycles. The maximum Gasteiger partial charge on any atom is 0.252 e. The van der Waals surface area contributed by atoms with Crippen molar-refractivity contribution in [3.05, 3.63) is 29.8 Å². The van der Waals surface area contributed by atoms with E-state index in [4.69, 9.17) is 0 Å². The van der Waals surface area contributed by atoms with Crippen LogP contribution in [-0.2, 0) is 9.59 Å². The van der Waals surface area contributed by atoms with Gasteiger partial charge in [0.15, 0.2) is 0 Å². The summed E-state index contributed by atoms with van der Waals surface area (Å²) in [6.45, 7) is 9.37. The lowest BCUT2D eigenvalue weighted by molar-refractivity contribution is -0.138. The van der Waals surface area contributed by atoms with E-state index >= 15 is 0 Å². The SMILES string of the molecule is Cc1ccccc1N1C(=O)C(C)(C)NC(=O)C1C(C)C. The van der Waals surface area contributed by atoms with Crippen LogP contribution in [0.25, 0.3) is 0 Å². The second kappa shape index (κ2) is 4.93. The Morgan fingerprint density at radius 3 is 2.35 bits per heavy atom. The van der Waals surface area contributed by atoms with Crippen molar-refractivity contribution >= 4 is 17.5 Å². The molecule has 4 heteroatoms. The molecule has 0 radical (unpaired) electrons. The van der Waals surface area contributed by atoms with Gasteiger partial charge in [-0.05, 0) is 38.3 Å². The molecule has 20 heavy (non-hydrogen) atoms. The van der Waals surface area contributed by atoms with Crippen molar-refractivity contribution in [2.24, 2.45) is 5.92 Å². The van der Waals surface area contributed by atoms with Crippen molar-refractivity contribution in [2.75, 3.05) is 4.90 Å². The van der Waals surface area contributed by atoms with Gasteiger partial charge in [0, 0.05) is 5.69 Å². The highest BCUT2D eigenvalue weighted by atomic mass is 16.2. The Kier molecular flexibility index (Phi) is 3.59. The number of amides is 2. The molecule has 0 aromatic heterocycles. The number of para-hydroxylation sites is 1. The molecule has 1 aromatic carbocycles. The molecule has 4 nitrogen and oxygen atoms in total. The van der Waals surface area contributed by atoms with Gasteiger partial charge in [0.25, 0.3) is 5.91 Å². The largest absolute Gasteiger partial charge is 0.340 e. The van der Waals surface area contributed by atoms with E-state index in [1.807, 2.05) is 45.0 Å². The third-order valence-electron chi connectivity index (χ3n) is 3.74. The molecule has 108 valence electrons. The van der Waals surface area contributed by atoms with Crippen molar-refractivity contribution in [1.82, 2.24) is 5.32 Å². The molecule has 2 amide bonds. The van der Waals surface area contributed by atoms with E-state index in [1.54, 1.807) is 18.7 Å². The summed E-state index contributed by atoms with van der Waals surface area (Å²) in [6.07, 6.45) is 0. The summed E-state index contributed by atoms with van der Waals surface area (Å²) in [5.74, 6) is -0.104. The van der Waals surface area contributed by atoms with Crippen LogP contribution in [0.1, 0.15) is 33.3 Å². The highest BCUT2D eigenvalue weighted by Gasteiger charge is 2.47. The summed E-state index contributed by atoms with van der Waals surface area (Å²) in [5.41, 5.74) is 0.946. The zero-order valence-corrected chi connectivity index (χ0v) is 12.7. The lowest BCUT2D eigenvalue weighted by atomic mass is 9.90. The van der Waals surface area contributed by atoms with Crippen LogP contribution in [-0.4, -0.2) is 23.4 Å². The summed E-state index contributed by atoms with van der Waals surface area (Å²) in [5, 5.41) is 2.83. The molecule has 0 saturated carbocycles. The van der Waals surface area contributed by atoms with Gasteiger partial charge in [-0.25, -0.2) is 0 Å². The molecule has 0 aliphatic carbocycles. The normalized spacial score (nSPS) is 22.1. The highest BCUT2D eigenvalue weighted by Crippen LogP contribution is 2.30. The van der Waals surface area contributed by atoms with Crippen LogP contribution < -0.4 is 10.2 Å². The fraction of sp³-hybridized carbons (Fsp3) is 0.500. The van der Waals surface area contributed by atoms with Gasteiger partial charge in [-0.15, -0.1) is 0 Å². The first-order valence-electron chi connectivity index (χ1n) is 6.97. The zero-order chi connectivity index (χ0) is 15.1. The number of hydrogen-bond acceptors (Lipinski definition) is 2. The minimum absolute atomic E-state index is 0.0506. The number of aryl methyl sites for hydroxylation is 1. The molecule has 1 heterocycles. The Morgan fingerprint density at radius 1 is 1.20 bits per heavy atom. The van der Waals surface area contributed by atoms with Crippen LogP contribution in [0.15, 0.2) is 24.3 Å². The number of nitrogens with one attached hydrogen (secondary N) is 1. The quantitative estimate of drug-likeness (QED) is 0.899. The standard InChI is InChI=1S/C16H22N2O2/c1-10(2)13-14(19)17-16(4,5)15(20)18(13)12-9-7-6-8-11(12)3/h6-10,13H,1-5H3,(H,17,19). The predicted molar refractivity (Wildman–Crippen MR) is 79.5 cm³/mol. The van der Waals surface area contributed by atoms with E-state index in [2.05, 4.69) is 5.32 Å². The Hall–Kier alpha value is -1.84. The van der Waals surface area contributed by atoms with Gasteiger partial charge in [0.05, 0.1) is 0 Å². The van der Waals surface area contributed by atoms with E-state index in [0.717, 1.165) is 11.3 Å². The summed E-state index contributed by atoms with van der Waals surface area (Å²) in [7, 11) is 0. The van der Waals surface area contributed by atoms with Crippen LogP contribution in [0, 0.1) is 12.8 Å². The maximum absolute atomic E-state index is 12.8. The lowest BCUT2D eigenvalue weighted by Gasteiger charge is -2.44. The smallest absolute Gasteiger partial charge is 0.252 e. The minimum Gasteiger partial charge on any atom is -0.340 e. The fourth-order valence-electron chi connectivity index (χ4n) is 2.67. The van der Waals surface area contributed by atoms with Crippen molar-refractivity contribution in [3.8, 4) is 0 Å². The summed E-state index contributed by atoms with van der Waals surface area (Å²) in [6, 6.07) is 7.23. The van der Waals surface area contributed by atoms with Gasteiger partial charge in [-0.3, -0.25) is 14.5 Å². The Morgan fingerprint density at radius 2 is 1.80 bits per heavy atom. The Bertz CT molecular complexity index is 549. The molecule has 1 aromatic rings. The van der Waals surface area contributed by atoms with Crippen molar-refractivity contribution < 1.29 is 9.59 Å². The van der Waals surface area contributed by atoms with Gasteiger partial charge >= 0.3 is 0 Å². The number of nitrogens with zero attached hydrogens (tertiary/aromatic N) is 1. The first-order chi connectivity index (χ1) is 9.25. The molecule has 1 saturated heterocycles. The Balaban J connectivity index is 2.57. The van der Waals surface area contributed by atoms with Crippen LogP contribution >= 0.6 is 0 Å². The van der Waals surface area contributed by atoms with Crippen LogP contribution in [0.4, 0.5) is 5.69 Å². The third kappa shape index (κ3) is 2.30. The molecule has 1 N–H and O–H groups in total. The van der Waals surface area contributed by atoms with Crippen molar-refractivity contribution in [1.29, 1.82) is 0 Å². The summed E-state index contributed by atoms with van der Waals surface area (Å²) >= 11 is 0. The van der Waals surface area contributed by atoms with Gasteiger partial charge in [-0.2, -0.15) is 0 Å². The van der Waals surface area contributed by atoms with Gasteiger partial charge in [0.2, 0.25) is 5.91 Å². The molecule has 1 atom stereocenters. The number of carbonyl (C=O) groups is 2. The van der Waals surface area contributed by atoms with Crippen LogP contribution in [0.3, 0.4) is 0 Å². The monoisotopic (exact) mass is 274 g/mol. The second-order valence-corrected chi connectivity index (χ2v) is 6.26. The van der Waals surface area contributed by atoms with E-state index in [-0.39, 0.29) is 17.7 Å². The molecule has 1 aliphatic rings. The summed E-state index contributed by atoms with van der Waals surface area (Å²) in [4.78, 5) is 26.8. The highest BCUT2D eigenvalue weighted by molar-refractivity contribution is 6.10.